The van der Waals surface area contributed by atoms with E-state index in [2.05, 4.69) is 18.9 Å². The van der Waals surface area contributed by atoms with Crippen LogP contribution in [0.25, 0.3) is 0 Å². The Kier molecular flexibility index (Phi) is 5.32. The van der Waals surface area contributed by atoms with E-state index in [9.17, 15) is 14.9 Å². The molecule has 1 aromatic rings. The lowest BCUT2D eigenvalue weighted by atomic mass is 10.0. The van der Waals surface area contributed by atoms with E-state index in [1.54, 1.807) is 4.90 Å². The number of hydrogen-bond acceptors (Lipinski definition) is 5. The first-order valence-electron chi connectivity index (χ1n) is 7.42. The van der Waals surface area contributed by atoms with Gasteiger partial charge in [0.2, 0.25) is 0 Å². The topological polar surface area (TPSA) is 75.9 Å². The van der Waals surface area contributed by atoms with E-state index < -0.39 is 11.0 Å². The standard InChI is InChI=1S/C15H21N3O4/c1-3-16(2)12-8-10-17(11-9-12)15(19)22-14-6-4-13(5-7-14)18(20)21/h4-7,12H,3,8-11H2,1-2H3. The molecule has 0 atom stereocenters. The predicted molar refractivity (Wildman–Crippen MR) is 82.0 cm³/mol. The van der Waals surface area contributed by atoms with Crippen LogP contribution in [0.3, 0.4) is 0 Å². The Labute approximate surface area is 129 Å². The summed E-state index contributed by atoms with van der Waals surface area (Å²) in [5.74, 6) is 0.323. The van der Waals surface area contributed by atoms with Gasteiger partial charge in [0.15, 0.2) is 0 Å². The lowest BCUT2D eigenvalue weighted by molar-refractivity contribution is -0.384. The Morgan fingerprint density at radius 2 is 1.95 bits per heavy atom. The SMILES string of the molecule is CCN(C)C1CCN(C(=O)Oc2ccc([N+](=O)[O-])cc2)CC1. The number of nitrogens with zero attached hydrogens (tertiary/aromatic N) is 3. The van der Waals surface area contributed by atoms with Crippen LogP contribution in [-0.4, -0.2) is 53.5 Å². The van der Waals surface area contributed by atoms with Gasteiger partial charge >= 0.3 is 6.09 Å². The van der Waals surface area contributed by atoms with Gasteiger partial charge in [-0.05, 0) is 38.6 Å². The Balaban J connectivity index is 1.87. The molecule has 7 heteroatoms. The number of hydrogen-bond donors (Lipinski definition) is 0. The predicted octanol–water partition coefficient (Wildman–Crippen LogP) is 2.51. The van der Waals surface area contributed by atoms with Gasteiger partial charge in [0.25, 0.3) is 5.69 Å². The van der Waals surface area contributed by atoms with Gasteiger partial charge in [-0.25, -0.2) is 4.79 Å². The highest BCUT2D eigenvalue weighted by Gasteiger charge is 2.25. The molecule has 120 valence electrons. The molecule has 1 heterocycles. The summed E-state index contributed by atoms with van der Waals surface area (Å²) in [6.07, 6.45) is 1.46. The minimum atomic E-state index is -0.486. The third-order valence-corrected chi connectivity index (χ3v) is 4.10. The second-order valence-electron chi connectivity index (χ2n) is 5.41. The molecule has 1 aromatic carbocycles. The molecular weight excluding hydrogens is 286 g/mol. The third kappa shape index (κ3) is 3.94. The van der Waals surface area contributed by atoms with Crippen molar-refractivity contribution in [1.82, 2.24) is 9.80 Å². The van der Waals surface area contributed by atoms with E-state index in [4.69, 9.17) is 4.74 Å². The number of piperidine rings is 1. The highest BCUT2D eigenvalue weighted by atomic mass is 16.6. The average molecular weight is 307 g/mol. The zero-order chi connectivity index (χ0) is 16.1. The largest absolute Gasteiger partial charge is 0.415 e. The Morgan fingerprint density at radius 3 is 2.45 bits per heavy atom. The zero-order valence-electron chi connectivity index (χ0n) is 12.9. The molecule has 22 heavy (non-hydrogen) atoms. The van der Waals surface area contributed by atoms with Crippen LogP contribution in [0.15, 0.2) is 24.3 Å². The number of likely N-dealkylation sites (tertiary alicyclic amines) is 1. The van der Waals surface area contributed by atoms with Crippen molar-refractivity contribution < 1.29 is 14.5 Å². The number of nitro benzene ring substituents is 1. The highest BCUT2D eigenvalue weighted by Crippen LogP contribution is 2.20. The fourth-order valence-electron chi connectivity index (χ4n) is 2.55. The van der Waals surface area contributed by atoms with Crippen molar-refractivity contribution in [3.63, 3.8) is 0 Å². The van der Waals surface area contributed by atoms with E-state index >= 15 is 0 Å². The number of ether oxygens (including phenoxy) is 1. The van der Waals surface area contributed by atoms with Gasteiger partial charge in [-0.1, -0.05) is 6.92 Å². The molecule has 0 aliphatic carbocycles. The Hall–Kier alpha value is -2.15. The van der Waals surface area contributed by atoms with Gasteiger partial charge < -0.3 is 14.5 Å². The quantitative estimate of drug-likeness (QED) is 0.631. The molecule has 1 amide bonds. The van der Waals surface area contributed by atoms with Gasteiger partial charge in [-0.3, -0.25) is 10.1 Å². The fourth-order valence-corrected chi connectivity index (χ4v) is 2.55. The van der Waals surface area contributed by atoms with Gasteiger partial charge in [0.1, 0.15) is 5.75 Å². The molecule has 1 saturated heterocycles. The van der Waals surface area contributed by atoms with E-state index in [0.717, 1.165) is 19.4 Å². The summed E-state index contributed by atoms with van der Waals surface area (Å²) in [6.45, 7) is 4.45. The molecule has 0 radical (unpaired) electrons. The van der Waals surface area contributed by atoms with Crippen LogP contribution in [0.4, 0.5) is 10.5 Å². The first-order valence-corrected chi connectivity index (χ1v) is 7.42. The molecule has 0 aromatic heterocycles. The summed E-state index contributed by atoms with van der Waals surface area (Å²) in [7, 11) is 2.09. The summed E-state index contributed by atoms with van der Waals surface area (Å²) in [6, 6.07) is 6.03. The van der Waals surface area contributed by atoms with E-state index in [-0.39, 0.29) is 5.69 Å². The van der Waals surface area contributed by atoms with Crippen LogP contribution in [0.2, 0.25) is 0 Å². The second kappa shape index (κ2) is 7.22. The zero-order valence-corrected chi connectivity index (χ0v) is 12.9. The lowest BCUT2D eigenvalue weighted by Crippen LogP contribution is -2.46. The van der Waals surface area contributed by atoms with Gasteiger partial charge in [0, 0.05) is 31.3 Å². The lowest BCUT2D eigenvalue weighted by Gasteiger charge is -2.35. The number of benzene rings is 1. The monoisotopic (exact) mass is 307 g/mol. The molecule has 0 saturated carbocycles. The van der Waals surface area contributed by atoms with Crippen molar-refractivity contribution in [2.45, 2.75) is 25.8 Å². The maximum absolute atomic E-state index is 12.1. The van der Waals surface area contributed by atoms with Crippen LogP contribution in [-0.2, 0) is 0 Å². The maximum atomic E-state index is 12.1. The Bertz CT molecular complexity index is 524. The Morgan fingerprint density at radius 1 is 1.36 bits per heavy atom. The van der Waals surface area contributed by atoms with Crippen LogP contribution in [0.1, 0.15) is 19.8 Å². The van der Waals surface area contributed by atoms with Crippen LogP contribution in [0, 0.1) is 10.1 Å². The number of carbonyl (C=O) groups excluding carboxylic acids is 1. The van der Waals surface area contributed by atoms with Crippen molar-refractivity contribution in [1.29, 1.82) is 0 Å². The summed E-state index contributed by atoms with van der Waals surface area (Å²) in [5, 5.41) is 10.6. The van der Waals surface area contributed by atoms with E-state index in [1.165, 1.54) is 24.3 Å². The van der Waals surface area contributed by atoms with Crippen LogP contribution >= 0.6 is 0 Å². The molecule has 0 unspecified atom stereocenters. The smallest absolute Gasteiger partial charge is 0.410 e. The van der Waals surface area contributed by atoms with Crippen molar-refractivity contribution >= 4 is 11.8 Å². The molecule has 1 aliphatic heterocycles. The number of rotatable bonds is 4. The minimum Gasteiger partial charge on any atom is -0.410 e. The van der Waals surface area contributed by atoms with Crippen LogP contribution in [0.5, 0.6) is 5.75 Å². The van der Waals surface area contributed by atoms with Crippen LogP contribution < -0.4 is 4.74 Å². The molecule has 0 bridgehead atoms. The molecule has 1 aliphatic rings. The summed E-state index contributed by atoms with van der Waals surface area (Å²) in [4.78, 5) is 26.2. The second-order valence-corrected chi connectivity index (χ2v) is 5.41. The highest BCUT2D eigenvalue weighted by molar-refractivity contribution is 5.70. The maximum Gasteiger partial charge on any atom is 0.415 e. The normalized spacial score (nSPS) is 15.9. The summed E-state index contributed by atoms with van der Waals surface area (Å²) < 4.78 is 5.26. The van der Waals surface area contributed by atoms with Gasteiger partial charge in [0.05, 0.1) is 4.92 Å². The number of nitro groups is 1. The molecule has 0 spiro atoms. The number of non-ortho nitro benzene ring substituents is 1. The van der Waals surface area contributed by atoms with Crippen molar-refractivity contribution in [3.8, 4) is 5.75 Å². The summed E-state index contributed by atoms with van der Waals surface area (Å²) >= 11 is 0. The number of carbonyl (C=O) groups is 1. The minimum absolute atomic E-state index is 0.0248. The van der Waals surface area contributed by atoms with E-state index in [0.29, 0.717) is 24.9 Å². The van der Waals surface area contributed by atoms with Gasteiger partial charge in [-0.15, -0.1) is 0 Å². The van der Waals surface area contributed by atoms with Gasteiger partial charge in [-0.2, -0.15) is 0 Å². The summed E-state index contributed by atoms with van der Waals surface area (Å²) in [5.41, 5.74) is -0.0248. The van der Waals surface area contributed by atoms with Crippen molar-refractivity contribution in [2.75, 3.05) is 26.7 Å². The van der Waals surface area contributed by atoms with Crippen molar-refractivity contribution in [3.05, 3.63) is 34.4 Å². The molecular formula is C15H21N3O4. The molecule has 1 fully saturated rings. The first-order chi connectivity index (χ1) is 10.5. The number of amides is 1. The average Bonchev–Trinajstić information content (AvgIpc) is 2.54. The fraction of sp³-hybridized carbons (Fsp3) is 0.533. The first kappa shape index (κ1) is 16.2. The van der Waals surface area contributed by atoms with E-state index in [1.807, 2.05) is 0 Å². The molecule has 7 nitrogen and oxygen atoms in total. The molecule has 2 rings (SSSR count). The molecule has 0 N–H and O–H groups in total. The third-order valence-electron chi connectivity index (χ3n) is 4.10. The van der Waals surface area contributed by atoms with Crippen molar-refractivity contribution in [2.24, 2.45) is 0 Å².